The predicted molar refractivity (Wildman–Crippen MR) is 120 cm³/mol. The molecule has 11 heteroatoms. The molecule has 0 bridgehead atoms. The zero-order chi connectivity index (χ0) is 22.2. The standard InChI is InChI=1S/C20H19BrFN5O3S/c1-2-29-16-8-12(10-24-25-17(28)9-18-26-27-20(23)31-18)7-14(21)19(16)30-11-13-5-3-4-6-15(13)22/h3-8,10H,2,9,11H2,1H3,(H2,23,27)(H,25,28)/b24-10-. The van der Waals surface area contributed by atoms with Gasteiger partial charge in [-0.2, -0.15) is 5.10 Å². The number of aromatic nitrogens is 2. The first-order chi connectivity index (χ1) is 15.0. The largest absolute Gasteiger partial charge is 0.490 e. The second-order valence-corrected chi connectivity index (χ2v) is 8.10. The Kier molecular flexibility index (Phi) is 7.90. The minimum Gasteiger partial charge on any atom is -0.490 e. The maximum absolute atomic E-state index is 13.9. The molecule has 31 heavy (non-hydrogen) atoms. The lowest BCUT2D eigenvalue weighted by Crippen LogP contribution is -2.19. The fourth-order valence-corrected chi connectivity index (χ4v) is 3.71. The average molecular weight is 508 g/mol. The molecule has 1 amide bonds. The molecule has 162 valence electrons. The number of halogens is 2. The molecule has 0 radical (unpaired) electrons. The van der Waals surface area contributed by atoms with Crippen molar-refractivity contribution in [2.45, 2.75) is 20.0 Å². The lowest BCUT2D eigenvalue weighted by Gasteiger charge is -2.15. The van der Waals surface area contributed by atoms with Crippen LogP contribution in [0.4, 0.5) is 9.52 Å². The number of nitrogens with two attached hydrogens (primary N) is 1. The Bertz CT molecular complexity index is 1090. The van der Waals surface area contributed by atoms with Crippen LogP contribution in [0.1, 0.15) is 23.1 Å². The molecule has 3 aromatic rings. The third-order valence-corrected chi connectivity index (χ3v) is 5.20. The van der Waals surface area contributed by atoms with Gasteiger partial charge in [0.1, 0.15) is 17.4 Å². The highest BCUT2D eigenvalue weighted by molar-refractivity contribution is 9.10. The van der Waals surface area contributed by atoms with Gasteiger partial charge in [0, 0.05) is 5.56 Å². The molecule has 3 rings (SSSR count). The Balaban J connectivity index is 1.68. The van der Waals surface area contributed by atoms with E-state index in [0.29, 0.717) is 43.8 Å². The maximum atomic E-state index is 13.9. The second kappa shape index (κ2) is 10.8. The maximum Gasteiger partial charge on any atom is 0.247 e. The van der Waals surface area contributed by atoms with E-state index in [9.17, 15) is 9.18 Å². The number of ether oxygens (including phenoxy) is 2. The van der Waals surface area contributed by atoms with E-state index in [-0.39, 0.29) is 24.8 Å². The van der Waals surface area contributed by atoms with Crippen LogP contribution in [0.25, 0.3) is 0 Å². The molecule has 0 aliphatic heterocycles. The molecule has 2 aromatic carbocycles. The molecule has 3 N–H and O–H groups in total. The van der Waals surface area contributed by atoms with Crippen molar-refractivity contribution in [1.29, 1.82) is 0 Å². The van der Waals surface area contributed by atoms with Gasteiger partial charge in [0.2, 0.25) is 11.0 Å². The highest BCUT2D eigenvalue weighted by Gasteiger charge is 2.13. The Hall–Kier alpha value is -3.05. The lowest BCUT2D eigenvalue weighted by molar-refractivity contribution is -0.120. The summed E-state index contributed by atoms with van der Waals surface area (Å²) in [4.78, 5) is 11.9. The van der Waals surface area contributed by atoms with Gasteiger partial charge in [-0.1, -0.05) is 29.5 Å². The number of nitrogens with zero attached hydrogens (tertiary/aromatic N) is 3. The molecule has 0 atom stereocenters. The summed E-state index contributed by atoms with van der Waals surface area (Å²) in [5, 5.41) is 12.2. The number of nitrogen functional groups attached to an aromatic ring is 1. The Morgan fingerprint density at radius 2 is 2.13 bits per heavy atom. The summed E-state index contributed by atoms with van der Waals surface area (Å²) < 4.78 is 25.9. The third-order valence-electron chi connectivity index (χ3n) is 3.86. The van der Waals surface area contributed by atoms with E-state index in [4.69, 9.17) is 15.2 Å². The molecular formula is C20H19BrFN5O3S. The van der Waals surface area contributed by atoms with Crippen LogP contribution in [0.5, 0.6) is 11.5 Å². The number of amides is 1. The minimum atomic E-state index is -0.346. The fourth-order valence-electron chi connectivity index (χ4n) is 2.52. The van der Waals surface area contributed by atoms with Crippen molar-refractivity contribution in [1.82, 2.24) is 15.6 Å². The monoisotopic (exact) mass is 507 g/mol. The van der Waals surface area contributed by atoms with Crippen LogP contribution in [-0.2, 0) is 17.8 Å². The molecule has 0 aliphatic rings. The molecule has 0 fully saturated rings. The van der Waals surface area contributed by atoms with Gasteiger partial charge < -0.3 is 15.2 Å². The Morgan fingerprint density at radius 1 is 1.32 bits per heavy atom. The average Bonchev–Trinajstić information content (AvgIpc) is 3.13. The molecule has 0 unspecified atom stereocenters. The Labute approximate surface area is 190 Å². The van der Waals surface area contributed by atoms with Crippen molar-refractivity contribution in [2.75, 3.05) is 12.3 Å². The quantitative estimate of drug-likeness (QED) is 0.337. The zero-order valence-corrected chi connectivity index (χ0v) is 18.9. The first kappa shape index (κ1) is 22.6. The van der Waals surface area contributed by atoms with Crippen LogP contribution in [0.3, 0.4) is 0 Å². The zero-order valence-electron chi connectivity index (χ0n) is 16.5. The van der Waals surface area contributed by atoms with Crippen molar-refractivity contribution in [3.63, 3.8) is 0 Å². The third kappa shape index (κ3) is 6.46. The molecular weight excluding hydrogens is 489 g/mol. The van der Waals surface area contributed by atoms with Crippen LogP contribution in [-0.4, -0.2) is 28.9 Å². The van der Waals surface area contributed by atoms with Crippen molar-refractivity contribution < 1.29 is 18.7 Å². The minimum absolute atomic E-state index is 0.0307. The van der Waals surface area contributed by atoms with Gasteiger partial charge in [-0.3, -0.25) is 4.79 Å². The second-order valence-electron chi connectivity index (χ2n) is 6.15. The number of nitrogens with one attached hydrogen (secondary N) is 1. The molecule has 0 spiro atoms. The van der Waals surface area contributed by atoms with Crippen LogP contribution >= 0.6 is 27.3 Å². The predicted octanol–water partition coefficient (Wildman–Crippen LogP) is 3.69. The van der Waals surface area contributed by atoms with E-state index >= 15 is 0 Å². The number of carbonyl (C=O) groups excluding carboxylic acids is 1. The van der Waals surface area contributed by atoms with Crippen molar-refractivity contribution in [3.8, 4) is 11.5 Å². The summed E-state index contributed by atoms with van der Waals surface area (Å²) in [5.41, 5.74) is 9.02. The van der Waals surface area contributed by atoms with Crippen LogP contribution in [0.15, 0.2) is 46.0 Å². The van der Waals surface area contributed by atoms with Gasteiger partial charge in [-0.25, -0.2) is 9.82 Å². The topological polar surface area (TPSA) is 112 Å². The SMILES string of the molecule is CCOc1cc(/C=N\NC(=O)Cc2nnc(N)s2)cc(Br)c1OCc1ccccc1F. The van der Waals surface area contributed by atoms with Crippen molar-refractivity contribution >= 4 is 44.5 Å². The van der Waals surface area contributed by atoms with Gasteiger partial charge in [0.25, 0.3) is 0 Å². The van der Waals surface area contributed by atoms with E-state index in [0.717, 1.165) is 11.3 Å². The summed E-state index contributed by atoms with van der Waals surface area (Å²) in [6, 6.07) is 9.87. The van der Waals surface area contributed by atoms with Gasteiger partial charge in [0.05, 0.1) is 23.7 Å². The Morgan fingerprint density at radius 3 is 2.84 bits per heavy atom. The summed E-state index contributed by atoms with van der Waals surface area (Å²) in [6.45, 7) is 2.30. The van der Waals surface area contributed by atoms with Crippen LogP contribution < -0.4 is 20.6 Å². The van der Waals surface area contributed by atoms with Gasteiger partial charge in [-0.05, 0) is 46.6 Å². The van der Waals surface area contributed by atoms with Crippen LogP contribution in [0.2, 0.25) is 0 Å². The molecule has 0 aliphatic carbocycles. The van der Waals surface area contributed by atoms with E-state index in [2.05, 4.69) is 36.7 Å². The summed E-state index contributed by atoms with van der Waals surface area (Å²) >= 11 is 4.60. The molecule has 1 heterocycles. The molecule has 0 saturated heterocycles. The normalized spacial score (nSPS) is 10.9. The molecule has 0 saturated carbocycles. The molecule has 8 nitrogen and oxygen atoms in total. The number of carbonyl (C=O) groups is 1. The van der Waals surface area contributed by atoms with E-state index in [1.165, 1.54) is 12.3 Å². The molecule has 1 aromatic heterocycles. The van der Waals surface area contributed by atoms with Gasteiger partial charge >= 0.3 is 0 Å². The first-order valence-corrected chi connectivity index (χ1v) is 10.8. The number of hydrazone groups is 1. The van der Waals surface area contributed by atoms with Crippen molar-refractivity contribution in [3.05, 3.63) is 62.8 Å². The lowest BCUT2D eigenvalue weighted by atomic mass is 10.2. The van der Waals surface area contributed by atoms with Crippen LogP contribution in [0, 0.1) is 5.82 Å². The smallest absolute Gasteiger partial charge is 0.247 e. The number of anilines is 1. The number of rotatable bonds is 9. The number of hydrogen-bond donors (Lipinski definition) is 2. The van der Waals surface area contributed by atoms with E-state index in [1.807, 2.05) is 6.92 Å². The fraction of sp³-hybridized carbons (Fsp3) is 0.200. The highest BCUT2D eigenvalue weighted by atomic mass is 79.9. The number of benzene rings is 2. The highest BCUT2D eigenvalue weighted by Crippen LogP contribution is 2.37. The van der Waals surface area contributed by atoms with Gasteiger partial charge in [0.15, 0.2) is 11.5 Å². The number of hydrogen-bond acceptors (Lipinski definition) is 8. The van der Waals surface area contributed by atoms with Gasteiger partial charge in [-0.15, -0.1) is 10.2 Å². The summed E-state index contributed by atoms with van der Waals surface area (Å²) in [5.74, 6) is 0.221. The van der Waals surface area contributed by atoms with Crippen molar-refractivity contribution in [2.24, 2.45) is 5.10 Å². The summed E-state index contributed by atoms with van der Waals surface area (Å²) in [6.07, 6.45) is 1.50. The first-order valence-electron chi connectivity index (χ1n) is 9.18. The van der Waals surface area contributed by atoms with E-state index < -0.39 is 0 Å². The summed E-state index contributed by atoms with van der Waals surface area (Å²) in [7, 11) is 0. The van der Waals surface area contributed by atoms with E-state index in [1.54, 1.807) is 30.3 Å².